The second kappa shape index (κ2) is 10.8. The van der Waals surface area contributed by atoms with E-state index in [2.05, 4.69) is 15.4 Å². The van der Waals surface area contributed by atoms with Crippen LogP contribution in [0.5, 0.6) is 0 Å². The van der Waals surface area contributed by atoms with E-state index in [0.29, 0.717) is 28.6 Å². The molecule has 0 aliphatic rings. The van der Waals surface area contributed by atoms with E-state index in [9.17, 15) is 19.5 Å². The molecule has 0 saturated carbocycles. The van der Waals surface area contributed by atoms with E-state index in [1.807, 2.05) is 27.7 Å². The standard InChI is InChI=1S/C31H31FN6O4/c1-6-37-11-10-26(35-30(37)42)34-24-13-19(16-36(5)28(24)40)21-8-7-9-25(22(21)17-39)38-29(41)27-18(15-33-38)12-20(14-23(27)32)31(2,3)4/h7-16,39H,6,17H2,1-5H3,(H,34,35,42). The zero-order valence-electron chi connectivity index (χ0n) is 24.0. The van der Waals surface area contributed by atoms with Crippen molar-refractivity contribution >= 4 is 22.3 Å². The van der Waals surface area contributed by atoms with Gasteiger partial charge in [-0.05, 0) is 53.8 Å². The van der Waals surface area contributed by atoms with E-state index < -0.39 is 23.7 Å². The lowest BCUT2D eigenvalue weighted by atomic mass is 9.86. The van der Waals surface area contributed by atoms with E-state index in [4.69, 9.17) is 0 Å². The summed E-state index contributed by atoms with van der Waals surface area (Å²) in [6.07, 6.45) is 4.62. The van der Waals surface area contributed by atoms with Crippen molar-refractivity contribution < 1.29 is 9.50 Å². The van der Waals surface area contributed by atoms with Crippen LogP contribution >= 0.6 is 0 Å². The van der Waals surface area contributed by atoms with Gasteiger partial charge in [-0.3, -0.25) is 14.2 Å². The number of anilines is 2. The number of aromatic nitrogens is 5. The third kappa shape index (κ3) is 5.14. The molecular formula is C31H31FN6O4. The van der Waals surface area contributed by atoms with E-state index in [0.717, 1.165) is 10.2 Å². The minimum Gasteiger partial charge on any atom is -0.392 e. The van der Waals surface area contributed by atoms with Crippen LogP contribution in [0.3, 0.4) is 0 Å². The fourth-order valence-electron chi connectivity index (χ4n) is 4.87. The van der Waals surface area contributed by atoms with Gasteiger partial charge >= 0.3 is 5.69 Å². The summed E-state index contributed by atoms with van der Waals surface area (Å²) in [6.45, 7) is 7.69. The van der Waals surface area contributed by atoms with Crippen molar-refractivity contribution in [3.8, 4) is 16.8 Å². The maximum atomic E-state index is 15.3. The Morgan fingerprint density at radius 1 is 1.05 bits per heavy atom. The SMILES string of the molecule is CCn1ccc(Nc2cc(-c3cccc(-n4ncc5cc(C(C)(C)C)cc(F)c5c4=O)c3CO)cn(C)c2=O)nc1=O. The Morgan fingerprint density at radius 3 is 2.48 bits per heavy atom. The molecule has 0 spiro atoms. The predicted molar refractivity (Wildman–Crippen MR) is 160 cm³/mol. The molecule has 10 nitrogen and oxygen atoms in total. The van der Waals surface area contributed by atoms with Crippen LogP contribution < -0.4 is 22.1 Å². The van der Waals surface area contributed by atoms with Gasteiger partial charge in [0.1, 0.15) is 17.3 Å². The third-order valence-electron chi connectivity index (χ3n) is 7.21. The van der Waals surface area contributed by atoms with Crippen LogP contribution in [0.2, 0.25) is 0 Å². The Balaban J connectivity index is 1.64. The number of hydrogen-bond acceptors (Lipinski definition) is 7. The Kier molecular flexibility index (Phi) is 7.38. The number of halogens is 1. The van der Waals surface area contributed by atoms with Gasteiger partial charge in [-0.25, -0.2) is 9.18 Å². The fraction of sp³-hybridized carbons (Fsp3) is 0.258. The molecule has 42 heavy (non-hydrogen) atoms. The summed E-state index contributed by atoms with van der Waals surface area (Å²) in [5.74, 6) is -0.437. The molecule has 0 unspecified atom stereocenters. The van der Waals surface area contributed by atoms with Gasteiger partial charge in [0.15, 0.2) is 0 Å². The second-order valence-electron chi connectivity index (χ2n) is 11.1. The summed E-state index contributed by atoms with van der Waals surface area (Å²) in [7, 11) is 1.58. The number of nitrogens with zero attached hydrogens (tertiary/aromatic N) is 5. The number of fused-ring (bicyclic) bond motifs is 1. The van der Waals surface area contributed by atoms with Crippen molar-refractivity contribution in [1.29, 1.82) is 0 Å². The predicted octanol–water partition coefficient (Wildman–Crippen LogP) is 4.00. The molecule has 0 fully saturated rings. The highest BCUT2D eigenvalue weighted by Crippen LogP contribution is 2.30. The highest BCUT2D eigenvalue weighted by molar-refractivity contribution is 5.83. The first-order chi connectivity index (χ1) is 19.9. The first-order valence-electron chi connectivity index (χ1n) is 13.4. The second-order valence-corrected chi connectivity index (χ2v) is 11.1. The summed E-state index contributed by atoms with van der Waals surface area (Å²) >= 11 is 0. The molecule has 3 aromatic heterocycles. The molecule has 3 heterocycles. The van der Waals surface area contributed by atoms with Gasteiger partial charge in [0.2, 0.25) is 0 Å². The number of pyridine rings is 1. The number of aliphatic hydroxyl groups excluding tert-OH is 1. The summed E-state index contributed by atoms with van der Waals surface area (Å²) in [5.41, 5.74) is 0.798. The zero-order chi connectivity index (χ0) is 30.3. The van der Waals surface area contributed by atoms with E-state index in [1.165, 1.54) is 21.4 Å². The highest BCUT2D eigenvalue weighted by atomic mass is 19.1. The van der Waals surface area contributed by atoms with Gasteiger partial charge in [0.05, 0.1) is 23.9 Å². The minimum atomic E-state index is -0.659. The first kappa shape index (κ1) is 28.6. The van der Waals surface area contributed by atoms with Crippen molar-refractivity contribution in [3.05, 3.63) is 109 Å². The average Bonchev–Trinajstić information content (AvgIpc) is 2.94. The smallest absolute Gasteiger partial charge is 0.349 e. The van der Waals surface area contributed by atoms with Crippen molar-refractivity contribution in [2.24, 2.45) is 7.05 Å². The number of benzene rings is 2. The van der Waals surface area contributed by atoms with E-state index in [1.54, 1.807) is 55.8 Å². The summed E-state index contributed by atoms with van der Waals surface area (Å²) in [6, 6.07) is 11.3. The van der Waals surface area contributed by atoms with Gasteiger partial charge in [-0.1, -0.05) is 32.9 Å². The molecule has 0 amide bonds. The Labute approximate surface area is 240 Å². The van der Waals surface area contributed by atoms with Crippen LogP contribution in [0.25, 0.3) is 27.6 Å². The van der Waals surface area contributed by atoms with Gasteiger partial charge in [-0.15, -0.1) is 0 Å². The molecule has 216 valence electrons. The monoisotopic (exact) mass is 570 g/mol. The van der Waals surface area contributed by atoms with Crippen molar-refractivity contribution in [3.63, 3.8) is 0 Å². The molecule has 0 saturated heterocycles. The average molecular weight is 571 g/mol. The van der Waals surface area contributed by atoms with Crippen LogP contribution in [0.1, 0.15) is 38.8 Å². The van der Waals surface area contributed by atoms with Gasteiger partial charge in [-0.2, -0.15) is 14.8 Å². The first-order valence-corrected chi connectivity index (χ1v) is 13.4. The topological polar surface area (TPSA) is 124 Å². The van der Waals surface area contributed by atoms with E-state index >= 15 is 4.39 Å². The Bertz CT molecular complexity index is 2020. The van der Waals surface area contributed by atoms with Crippen LogP contribution in [-0.2, 0) is 25.6 Å². The molecule has 5 aromatic rings. The highest BCUT2D eigenvalue weighted by Gasteiger charge is 2.21. The quantitative estimate of drug-likeness (QED) is 0.316. The molecule has 0 atom stereocenters. The Morgan fingerprint density at radius 2 is 1.81 bits per heavy atom. The maximum absolute atomic E-state index is 15.3. The number of aryl methyl sites for hydroxylation is 2. The normalized spacial score (nSPS) is 11.7. The van der Waals surface area contributed by atoms with Crippen molar-refractivity contribution in [2.45, 2.75) is 46.3 Å². The summed E-state index contributed by atoms with van der Waals surface area (Å²) < 4.78 is 19.1. The van der Waals surface area contributed by atoms with E-state index in [-0.39, 0.29) is 33.6 Å². The van der Waals surface area contributed by atoms with Crippen LogP contribution in [0.4, 0.5) is 15.9 Å². The number of nitrogens with one attached hydrogen (secondary N) is 1. The lowest BCUT2D eigenvalue weighted by Crippen LogP contribution is -2.24. The Hall–Kier alpha value is -4.90. The molecule has 5 rings (SSSR count). The number of aliphatic hydroxyl groups is 1. The van der Waals surface area contributed by atoms with Crippen molar-refractivity contribution in [2.75, 3.05) is 5.32 Å². The maximum Gasteiger partial charge on any atom is 0.349 e. The molecule has 0 aliphatic carbocycles. The lowest BCUT2D eigenvalue weighted by molar-refractivity contribution is 0.282. The van der Waals surface area contributed by atoms with Crippen LogP contribution in [0, 0.1) is 5.82 Å². The third-order valence-corrected chi connectivity index (χ3v) is 7.21. The lowest BCUT2D eigenvalue weighted by Gasteiger charge is -2.20. The van der Waals surface area contributed by atoms with Crippen LogP contribution in [-0.4, -0.2) is 29.0 Å². The summed E-state index contributed by atoms with van der Waals surface area (Å²) in [5, 5.41) is 18.0. The molecule has 0 aliphatic heterocycles. The number of hydrogen-bond donors (Lipinski definition) is 2. The van der Waals surface area contributed by atoms with Gasteiger partial charge in [0.25, 0.3) is 11.1 Å². The molecule has 0 radical (unpaired) electrons. The van der Waals surface area contributed by atoms with Crippen LogP contribution in [0.15, 0.2) is 75.4 Å². The largest absolute Gasteiger partial charge is 0.392 e. The molecule has 2 aromatic carbocycles. The van der Waals surface area contributed by atoms with Crippen molar-refractivity contribution in [1.82, 2.24) is 23.9 Å². The number of rotatable bonds is 6. The zero-order valence-corrected chi connectivity index (χ0v) is 24.0. The molecule has 11 heteroatoms. The molecule has 2 N–H and O–H groups in total. The molecule has 0 bridgehead atoms. The van der Waals surface area contributed by atoms with Gasteiger partial charge < -0.3 is 15.0 Å². The minimum absolute atomic E-state index is 0.0987. The molecular weight excluding hydrogens is 539 g/mol. The summed E-state index contributed by atoms with van der Waals surface area (Å²) in [4.78, 5) is 42.7. The fourth-order valence-corrected chi connectivity index (χ4v) is 4.87. The van der Waals surface area contributed by atoms with Gasteiger partial charge in [0, 0.05) is 42.5 Å².